The van der Waals surface area contributed by atoms with Crippen molar-refractivity contribution in [2.24, 2.45) is 16.6 Å². The third kappa shape index (κ3) is 2.58. The van der Waals surface area contributed by atoms with Crippen LogP contribution in [0.15, 0.2) is 41.7 Å². The number of aliphatic imine (C=N–C) groups is 1. The molecule has 0 radical (unpaired) electrons. The fourth-order valence-electron chi connectivity index (χ4n) is 5.00. The molecule has 3 aliphatic rings. The fourth-order valence-corrected chi connectivity index (χ4v) is 5.17. The van der Waals surface area contributed by atoms with Gasteiger partial charge >= 0.3 is 0 Å². The van der Waals surface area contributed by atoms with Gasteiger partial charge < -0.3 is 20.3 Å². The smallest absolute Gasteiger partial charge is 0.283 e. The number of ether oxygens (including phenoxy) is 2. The van der Waals surface area contributed by atoms with Crippen molar-refractivity contribution in [1.82, 2.24) is 4.98 Å². The fraction of sp³-hybridized carbons (Fsp3) is 0.429. The molecule has 2 aromatic rings. The van der Waals surface area contributed by atoms with Gasteiger partial charge in [0.25, 0.3) is 6.02 Å². The molecule has 6 nitrogen and oxygen atoms in total. The molecule has 5 rings (SSSR count). The zero-order valence-electron chi connectivity index (χ0n) is 15.6. The molecule has 1 fully saturated rings. The minimum atomic E-state index is -0.671. The summed E-state index contributed by atoms with van der Waals surface area (Å²) >= 11 is 6.13. The molecule has 7 heteroatoms. The van der Waals surface area contributed by atoms with Crippen molar-refractivity contribution in [3.63, 3.8) is 0 Å². The Morgan fingerprint density at radius 3 is 2.86 bits per heavy atom. The number of hydrogen-bond acceptors (Lipinski definition) is 6. The number of fused-ring (bicyclic) bond motifs is 4. The van der Waals surface area contributed by atoms with Crippen molar-refractivity contribution < 1.29 is 14.6 Å². The van der Waals surface area contributed by atoms with Gasteiger partial charge in [0.2, 0.25) is 0 Å². The summed E-state index contributed by atoms with van der Waals surface area (Å²) in [5.74, 6) is 0.751. The van der Waals surface area contributed by atoms with Crippen molar-refractivity contribution >= 4 is 17.6 Å². The number of aromatic nitrogens is 1. The predicted octanol–water partition coefficient (Wildman–Crippen LogP) is 3.25. The second-order valence-corrected chi connectivity index (χ2v) is 8.60. The van der Waals surface area contributed by atoms with Gasteiger partial charge in [0.15, 0.2) is 0 Å². The molecule has 0 bridgehead atoms. The van der Waals surface area contributed by atoms with Gasteiger partial charge in [0.1, 0.15) is 23.5 Å². The van der Waals surface area contributed by atoms with E-state index in [1.807, 2.05) is 18.2 Å². The molecule has 1 aromatic carbocycles. The van der Waals surface area contributed by atoms with Gasteiger partial charge in [-0.3, -0.25) is 4.98 Å². The summed E-state index contributed by atoms with van der Waals surface area (Å²) in [5, 5.41) is 11.0. The summed E-state index contributed by atoms with van der Waals surface area (Å²) < 4.78 is 12.1. The molecule has 1 aliphatic carbocycles. The second-order valence-electron chi connectivity index (χ2n) is 8.16. The first kappa shape index (κ1) is 17.8. The van der Waals surface area contributed by atoms with E-state index >= 15 is 0 Å². The largest absolute Gasteiger partial charge is 0.487 e. The molecule has 28 heavy (non-hydrogen) atoms. The number of nitrogens with zero attached hydrogens (tertiary/aromatic N) is 2. The number of aliphatic hydroxyl groups is 1. The van der Waals surface area contributed by atoms with Crippen molar-refractivity contribution in [1.29, 1.82) is 0 Å². The monoisotopic (exact) mass is 399 g/mol. The SMILES string of the molecule is C[C@@]12CCC(O)CC1[C@@]1(COC(N)=N1)c1cc(-c3cncc(Cl)c3)ccc1O2. The van der Waals surface area contributed by atoms with E-state index in [0.717, 1.165) is 28.9 Å². The van der Waals surface area contributed by atoms with Crippen LogP contribution in [0.4, 0.5) is 0 Å². The van der Waals surface area contributed by atoms with E-state index in [1.165, 1.54) is 0 Å². The average Bonchev–Trinajstić information content (AvgIpc) is 3.06. The standard InChI is InChI=1S/C21H22ClN3O3/c1-20-5-4-15(26)8-18(20)21(11-27-19(23)25-21)16-7-12(2-3-17(16)28-20)13-6-14(22)10-24-9-13/h2-3,6-7,9-10,15,18,26H,4-5,8,11H2,1H3,(H2,23,25)/t15?,18?,20-,21-/m1/s1. The van der Waals surface area contributed by atoms with Crippen molar-refractivity contribution in [2.45, 2.75) is 43.4 Å². The molecular formula is C21H22ClN3O3. The van der Waals surface area contributed by atoms with Crippen LogP contribution in [-0.2, 0) is 10.3 Å². The topological polar surface area (TPSA) is 90.0 Å². The Bertz CT molecular complexity index is 981. The third-order valence-electron chi connectivity index (χ3n) is 6.37. The van der Waals surface area contributed by atoms with Gasteiger partial charge in [0.05, 0.1) is 11.1 Å². The lowest BCUT2D eigenvalue weighted by Crippen LogP contribution is -2.58. The van der Waals surface area contributed by atoms with Gasteiger partial charge in [-0.1, -0.05) is 17.7 Å². The molecule has 3 heterocycles. The number of amidine groups is 1. The number of benzene rings is 1. The summed E-state index contributed by atoms with van der Waals surface area (Å²) in [6.45, 7) is 2.45. The van der Waals surface area contributed by atoms with Crippen LogP contribution in [0.2, 0.25) is 5.02 Å². The van der Waals surface area contributed by atoms with Crippen LogP contribution >= 0.6 is 11.6 Å². The quantitative estimate of drug-likeness (QED) is 0.768. The van der Waals surface area contributed by atoms with Crippen LogP contribution in [0.1, 0.15) is 31.7 Å². The molecule has 1 spiro atoms. The summed E-state index contributed by atoms with van der Waals surface area (Å²) in [6, 6.07) is 8.11. The highest BCUT2D eigenvalue weighted by molar-refractivity contribution is 6.30. The number of rotatable bonds is 1. The Morgan fingerprint density at radius 1 is 1.25 bits per heavy atom. The van der Waals surface area contributed by atoms with E-state index in [9.17, 15) is 5.11 Å². The molecule has 1 saturated carbocycles. The number of nitrogens with two attached hydrogens (primary N) is 1. The number of aliphatic hydroxyl groups excluding tert-OH is 1. The Morgan fingerprint density at radius 2 is 2.11 bits per heavy atom. The van der Waals surface area contributed by atoms with E-state index in [4.69, 9.17) is 31.8 Å². The maximum absolute atomic E-state index is 10.4. The van der Waals surface area contributed by atoms with Crippen LogP contribution in [0, 0.1) is 5.92 Å². The molecule has 0 amide bonds. The zero-order valence-corrected chi connectivity index (χ0v) is 16.3. The Labute approximate surface area is 168 Å². The van der Waals surface area contributed by atoms with Crippen molar-refractivity contribution in [3.05, 3.63) is 47.2 Å². The number of hydrogen-bond donors (Lipinski definition) is 2. The summed E-state index contributed by atoms with van der Waals surface area (Å²) in [4.78, 5) is 8.97. The van der Waals surface area contributed by atoms with Crippen LogP contribution in [0.5, 0.6) is 5.75 Å². The zero-order chi connectivity index (χ0) is 19.5. The lowest BCUT2D eigenvalue weighted by Gasteiger charge is -2.53. The minimum absolute atomic E-state index is 0.0370. The van der Waals surface area contributed by atoms with Crippen molar-refractivity contribution in [3.8, 4) is 16.9 Å². The predicted molar refractivity (Wildman–Crippen MR) is 106 cm³/mol. The van der Waals surface area contributed by atoms with Crippen LogP contribution in [0.3, 0.4) is 0 Å². The lowest BCUT2D eigenvalue weighted by atomic mass is 9.62. The van der Waals surface area contributed by atoms with E-state index in [1.54, 1.807) is 12.4 Å². The van der Waals surface area contributed by atoms with E-state index in [-0.39, 0.29) is 18.0 Å². The molecule has 0 saturated heterocycles. The highest BCUT2D eigenvalue weighted by Crippen LogP contribution is 2.57. The number of halogens is 1. The van der Waals surface area contributed by atoms with Gasteiger partial charge in [0, 0.05) is 29.4 Å². The Kier molecular flexibility index (Phi) is 3.87. The van der Waals surface area contributed by atoms with Crippen molar-refractivity contribution in [2.75, 3.05) is 6.61 Å². The summed E-state index contributed by atoms with van der Waals surface area (Å²) in [6.07, 6.45) is 5.08. The first-order valence-electron chi connectivity index (χ1n) is 9.50. The molecular weight excluding hydrogens is 378 g/mol. The second kappa shape index (κ2) is 6.09. The number of pyridine rings is 1. The van der Waals surface area contributed by atoms with Crippen LogP contribution in [0.25, 0.3) is 11.1 Å². The Balaban J connectivity index is 1.69. The van der Waals surface area contributed by atoms with E-state index in [2.05, 4.69) is 18.0 Å². The molecule has 2 aliphatic heterocycles. The summed E-state index contributed by atoms with van der Waals surface area (Å²) in [7, 11) is 0. The molecule has 1 aromatic heterocycles. The molecule has 4 atom stereocenters. The van der Waals surface area contributed by atoms with Gasteiger partial charge in [-0.25, -0.2) is 4.99 Å². The van der Waals surface area contributed by atoms with E-state index in [0.29, 0.717) is 24.5 Å². The molecule has 146 valence electrons. The van der Waals surface area contributed by atoms with Crippen LogP contribution < -0.4 is 10.5 Å². The third-order valence-corrected chi connectivity index (χ3v) is 6.58. The van der Waals surface area contributed by atoms with Gasteiger partial charge in [-0.2, -0.15) is 0 Å². The summed E-state index contributed by atoms with van der Waals surface area (Å²) in [5.41, 5.74) is 7.68. The first-order chi connectivity index (χ1) is 13.4. The first-order valence-corrected chi connectivity index (χ1v) is 9.88. The van der Waals surface area contributed by atoms with Gasteiger partial charge in [-0.05, 0) is 49.9 Å². The molecule has 2 unspecified atom stereocenters. The maximum atomic E-state index is 10.4. The Hall–Kier alpha value is -2.31. The average molecular weight is 400 g/mol. The minimum Gasteiger partial charge on any atom is -0.487 e. The highest BCUT2D eigenvalue weighted by Gasteiger charge is 2.60. The normalized spacial score (nSPS) is 33.5. The van der Waals surface area contributed by atoms with Crippen LogP contribution in [-0.4, -0.2) is 34.4 Å². The van der Waals surface area contributed by atoms with E-state index < -0.39 is 11.1 Å². The molecule has 3 N–H and O–H groups in total. The highest BCUT2D eigenvalue weighted by atomic mass is 35.5. The lowest BCUT2D eigenvalue weighted by molar-refractivity contribution is -0.0988. The van der Waals surface area contributed by atoms with Gasteiger partial charge in [-0.15, -0.1) is 0 Å². The maximum Gasteiger partial charge on any atom is 0.283 e.